The van der Waals surface area contributed by atoms with Crippen LogP contribution in [0.5, 0.6) is 5.75 Å². The van der Waals surface area contributed by atoms with Crippen LogP contribution in [0.3, 0.4) is 0 Å². The van der Waals surface area contributed by atoms with Crippen molar-refractivity contribution in [2.24, 2.45) is 0 Å². The summed E-state index contributed by atoms with van der Waals surface area (Å²) in [6, 6.07) is 7.74. The maximum atomic E-state index is 11.7. The fourth-order valence-corrected chi connectivity index (χ4v) is 1.81. The maximum Gasteiger partial charge on any atom is 0.411 e. The molecule has 0 saturated heterocycles. The van der Waals surface area contributed by atoms with Crippen molar-refractivity contribution in [1.82, 2.24) is 4.90 Å². The SMILES string of the molecule is COc1ccccc1CC(C)N(C)C(=O)OC(C)Cl. The summed E-state index contributed by atoms with van der Waals surface area (Å²) in [4.78, 5) is 13.3. The van der Waals surface area contributed by atoms with Gasteiger partial charge in [0.15, 0.2) is 5.56 Å². The van der Waals surface area contributed by atoms with Crippen molar-refractivity contribution >= 4 is 17.7 Å². The molecule has 0 bridgehead atoms. The Bertz CT molecular complexity index is 423. The quantitative estimate of drug-likeness (QED) is 0.779. The highest BCUT2D eigenvalue weighted by molar-refractivity contribution is 6.19. The average Bonchev–Trinajstić information content (AvgIpc) is 2.37. The largest absolute Gasteiger partial charge is 0.496 e. The van der Waals surface area contributed by atoms with Gasteiger partial charge in [0.2, 0.25) is 0 Å². The zero-order valence-electron chi connectivity index (χ0n) is 11.7. The highest BCUT2D eigenvalue weighted by atomic mass is 35.5. The molecular weight excluding hydrogens is 266 g/mol. The lowest BCUT2D eigenvalue weighted by atomic mass is 10.1. The van der Waals surface area contributed by atoms with E-state index in [4.69, 9.17) is 21.1 Å². The monoisotopic (exact) mass is 285 g/mol. The molecule has 1 aromatic rings. The van der Waals surface area contributed by atoms with E-state index in [0.717, 1.165) is 11.3 Å². The number of methoxy groups -OCH3 is 1. The van der Waals surface area contributed by atoms with Crippen LogP contribution in [0, 0.1) is 0 Å². The van der Waals surface area contributed by atoms with E-state index in [1.807, 2.05) is 31.2 Å². The molecule has 5 heteroatoms. The number of para-hydroxylation sites is 1. The second-order valence-electron chi connectivity index (χ2n) is 4.40. The predicted octanol–water partition coefficient (Wildman–Crippen LogP) is 3.28. The number of nitrogens with zero attached hydrogens (tertiary/aromatic N) is 1. The molecule has 0 fully saturated rings. The van der Waals surface area contributed by atoms with E-state index in [9.17, 15) is 4.79 Å². The van der Waals surface area contributed by atoms with Crippen LogP contribution < -0.4 is 4.74 Å². The summed E-state index contributed by atoms with van der Waals surface area (Å²) >= 11 is 5.64. The van der Waals surface area contributed by atoms with Crippen molar-refractivity contribution in [3.05, 3.63) is 29.8 Å². The third-order valence-electron chi connectivity index (χ3n) is 2.92. The van der Waals surface area contributed by atoms with E-state index >= 15 is 0 Å². The standard InChI is InChI=1S/C14H20ClNO3/c1-10(16(3)14(17)19-11(2)15)9-12-7-5-6-8-13(12)18-4/h5-8,10-11H,9H2,1-4H3. The second-order valence-corrected chi connectivity index (χ2v) is 5.02. The minimum Gasteiger partial charge on any atom is -0.496 e. The van der Waals surface area contributed by atoms with Gasteiger partial charge in [-0.3, -0.25) is 0 Å². The lowest BCUT2D eigenvalue weighted by molar-refractivity contribution is 0.0930. The number of hydrogen-bond donors (Lipinski definition) is 0. The first kappa shape index (κ1) is 15.6. The average molecular weight is 286 g/mol. The highest BCUT2D eigenvalue weighted by Crippen LogP contribution is 2.20. The van der Waals surface area contributed by atoms with Gasteiger partial charge in [0.25, 0.3) is 0 Å². The summed E-state index contributed by atoms with van der Waals surface area (Å²) in [5.41, 5.74) is 0.421. The van der Waals surface area contributed by atoms with Crippen LogP contribution in [-0.2, 0) is 11.2 Å². The number of alkyl halides is 1. The van der Waals surface area contributed by atoms with Crippen LogP contribution in [0.4, 0.5) is 4.79 Å². The van der Waals surface area contributed by atoms with E-state index in [2.05, 4.69) is 0 Å². The van der Waals surface area contributed by atoms with Gasteiger partial charge in [-0.05, 0) is 31.9 Å². The smallest absolute Gasteiger partial charge is 0.411 e. The summed E-state index contributed by atoms with van der Waals surface area (Å²) < 4.78 is 10.2. The van der Waals surface area contributed by atoms with Crippen molar-refractivity contribution < 1.29 is 14.3 Å². The van der Waals surface area contributed by atoms with Gasteiger partial charge < -0.3 is 14.4 Å². The van der Waals surface area contributed by atoms with Crippen LogP contribution >= 0.6 is 11.6 Å². The molecule has 0 aliphatic carbocycles. The molecule has 2 unspecified atom stereocenters. The van der Waals surface area contributed by atoms with Gasteiger partial charge >= 0.3 is 6.09 Å². The van der Waals surface area contributed by atoms with Crippen LogP contribution in [0.15, 0.2) is 24.3 Å². The molecule has 19 heavy (non-hydrogen) atoms. The molecule has 2 atom stereocenters. The molecule has 0 spiro atoms. The Hall–Kier alpha value is -1.42. The Morgan fingerprint density at radius 2 is 2.00 bits per heavy atom. The maximum absolute atomic E-state index is 11.7. The molecule has 0 aromatic heterocycles. The number of halogens is 1. The molecule has 106 valence electrons. The molecule has 0 saturated carbocycles. The lowest BCUT2D eigenvalue weighted by Crippen LogP contribution is -2.37. The topological polar surface area (TPSA) is 38.8 Å². The summed E-state index contributed by atoms with van der Waals surface area (Å²) in [6.07, 6.45) is 0.261. The Morgan fingerprint density at radius 3 is 2.58 bits per heavy atom. The number of benzene rings is 1. The molecule has 1 aromatic carbocycles. The molecule has 0 N–H and O–H groups in total. The summed E-state index contributed by atoms with van der Waals surface area (Å²) in [6.45, 7) is 3.56. The first-order valence-electron chi connectivity index (χ1n) is 6.15. The normalized spacial score (nSPS) is 13.5. The Labute approximate surface area is 119 Å². The van der Waals surface area contributed by atoms with E-state index in [0.29, 0.717) is 6.42 Å². The first-order valence-corrected chi connectivity index (χ1v) is 6.58. The number of likely N-dealkylation sites (N-methyl/N-ethyl adjacent to an activating group) is 1. The van der Waals surface area contributed by atoms with E-state index in [-0.39, 0.29) is 6.04 Å². The highest BCUT2D eigenvalue weighted by Gasteiger charge is 2.19. The number of rotatable bonds is 5. The van der Waals surface area contributed by atoms with Gasteiger partial charge in [-0.2, -0.15) is 0 Å². The molecule has 4 nitrogen and oxygen atoms in total. The first-order chi connectivity index (χ1) is 8.95. The third kappa shape index (κ3) is 4.63. The minimum absolute atomic E-state index is 0.0146. The summed E-state index contributed by atoms with van der Waals surface area (Å²) in [7, 11) is 3.33. The van der Waals surface area contributed by atoms with Gasteiger partial charge in [-0.25, -0.2) is 4.79 Å². The van der Waals surface area contributed by atoms with Crippen LogP contribution in [-0.4, -0.2) is 36.8 Å². The van der Waals surface area contributed by atoms with Gasteiger partial charge in [0, 0.05) is 13.1 Å². The Morgan fingerprint density at radius 1 is 1.37 bits per heavy atom. The number of hydrogen-bond acceptors (Lipinski definition) is 3. The zero-order chi connectivity index (χ0) is 14.4. The van der Waals surface area contributed by atoms with Crippen molar-refractivity contribution in [3.8, 4) is 5.75 Å². The Balaban J connectivity index is 2.68. The zero-order valence-corrected chi connectivity index (χ0v) is 12.5. The van der Waals surface area contributed by atoms with E-state index < -0.39 is 11.7 Å². The van der Waals surface area contributed by atoms with E-state index in [1.165, 1.54) is 4.90 Å². The van der Waals surface area contributed by atoms with Crippen LogP contribution in [0.1, 0.15) is 19.4 Å². The van der Waals surface area contributed by atoms with Crippen molar-refractivity contribution in [2.75, 3.05) is 14.2 Å². The van der Waals surface area contributed by atoms with Crippen LogP contribution in [0.2, 0.25) is 0 Å². The molecule has 0 heterocycles. The third-order valence-corrected chi connectivity index (χ3v) is 3.01. The van der Waals surface area contributed by atoms with Gasteiger partial charge in [0.05, 0.1) is 7.11 Å². The van der Waals surface area contributed by atoms with E-state index in [1.54, 1.807) is 21.1 Å². The van der Waals surface area contributed by atoms with Crippen molar-refractivity contribution in [1.29, 1.82) is 0 Å². The molecule has 1 rings (SSSR count). The molecule has 0 aliphatic rings. The fourth-order valence-electron chi connectivity index (χ4n) is 1.73. The molecule has 0 radical (unpaired) electrons. The second kappa shape index (κ2) is 7.24. The van der Waals surface area contributed by atoms with Gasteiger partial charge in [-0.15, -0.1) is 0 Å². The minimum atomic E-state index is -0.631. The van der Waals surface area contributed by atoms with Crippen LogP contribution in [0.25, 0.3) is 0 Å². The number of amides is 1. The number of carbonyl (C=O) groups excluding carboxylic acids is 1. The number of ether oxygens (including phenoxy) is 2. The summed E-state index contributed by atoms with van der Waals surface area (Å²) in [5.74, 6) is 0.821. The lowest BCUT2D eigenvalue weighted by Gasteiger charge is -2.25. The molecular formula is C14H20ClNO3. The van der Waals surface area contributed by atoms with Crippen molar-refractivity contribution in [2.45, 2.75) is 31.9 Å². The predicted molar refractivity (Wildman–Crippen MR) is 75.7 cm³/mol. The number of carbonyl (C=O) groups is 1. The molecule has 1 amide bonds. The Kier molecular flexibility index (Phi) is 5.96. The summed E-state index contributed by atoms with van der Waals surface area (Å²) in [5, 5.41) is 0. The van der Waals surface area contributed by atoms with Gasteiger partial charge in [-0.1, -0.05) is 29.8 Å². The fraction of sp³-hybridized carbons (Fsp3) is 0.500. The van der Waals surface area contributed by atoms with Gasteiger partial charge in [0.1, 0.15) is 5.75 Å². The molecule has 0 aliphatic heterocycles. The van der Waals surface area contributed by atoms with Crippen molar-refractivity contribution in [3.63, 3.8) is 0 Å².